The Kier molecular flexibility index (Phi) is 5.83. The third kappa shape index (κ3) is 5.14. The molecule has 1 heterocycles. The van der Waals surface area contributed by atoms with Crippen molar-refractivity contribution in [3.8, 4) is 6.07 Å². The standard InChI is InChI=1S/C21H24N2O2/c22-14-19-7-4-8-20(13-19)16-23(15-18-5-2-1-3-6-18)17-21(24)9-11-25-12-10-21/h1-8,13,24H,9-12,15-17H2. The quantitative estimate of drug-likeness (QED) is 0.881. The second-order valence-electron chi connectivity index (χ2n) is 6.78. The van der Waals surface area contributed by atoms with E-state index in [9.17, 15) is 5.11 Å². The number of benzene rings is 2. The van der Waals surface area contributed by atoms with E-state index in [0.29, 0.717) is 44.7 Å². The number of aliphatic hydroxyl groups is 1. The third-order valence-electron chi connectivity index (χ3n) is 4.65. The summed E-state index contributed by atoms with van der Waals surface area (Å²) in [5, 5.41) is 20.0. The van der Waals surface area contributed by atoms with E-state index in [2.05, 4.69) is 23.1 Å². The van der Waals surface area contributed by atoms with Gasteiger partial charge in [-0.1, -0.05) is 42.5 Å². The van der Waals surface area contributed by atoms with E-state index in [4.69, 9.17) is 10.00 Å². The predicted octanol–water partition coefficient (Wildman–Crippen LogP) is 3.10. The molecule has 3 rings (SSSR count). The van der Waals surface area contributed by atoms with Gasteiger partial charge in [-0.15, -0.1) is 0 Å². The van der Waals surface area contributed by atoms with Crippen molar-refractivity contribution in [2.24, 2.45) is 0 Å². The fourth-order valence-corrected chi connectivity index (χ4v) is 3.33. The molecule has 4 nitrogen and oxygen atoms in total. The van der Waals surface area contributed by atoms with Gasteiger partial charge in [-0.25, -0.2) is 0 Å². The molecule has 0 amide bonds. The molecule has 4 heteroatoms. The lowest BCUT2D eigenvalue weighted by atomic mass is 9.93. The maximum atomic E-state index is 10.9. The first-order valence-corrected chi connectivity index (χ1v) is 8.72. The molecule has 130 valence electrons. The van der Waals surface area contributed by atoms with Gasteiger partial charge in [-0.2, -0.15) is 5.26 Å². The minimum atomic E-state index is -0.708. The summed E-state index contributed by atoms with van der Waals surface area (Å²) in [5.74, 6) is 0. The van der Waals surface area contributed by atoms with E-state index >= 15 is 0 Å². The van der Waals surface area contributed by atoms with E-state index in [-0.39, 0.29) is 0 Å². The van der Waals surface area contributed by atoms with Crippen LogP contribution in [0.4, 0.5) is 0 Å². The average molecular weight is 336 g/mol. The maximum Gasteiger partial charge on any atom is 0.0991 e. The summed E-state index contributed by atoms with van der Waals surface area (Å²) in [6.07, 6.45) is 1.33. The van der Waals surface area contributed by atoms with Crippen molar-refractivity contribution in [2.45, 2.75) is 31.5 Å². The van der Waals surface area contributed by atoms with Crippen LogP contribution in [0.2, 0.25) is 0 Å². The van der Waals surface area contributed by atoms with E-state index < -0.39 is 5.60 Å². The highest BCUT2D eigenvalue weighted by Crippen LogP contribution is 2.24. The van der Waals surface area contributed by atoms with Crippen molar-refractivity contribution in [2.75, 3.05) is 19.8 Å². The van der Waals surface area contributed by atoms with E-state index in [1.165, 1.54) is 5.56 Å². The van der Waals surface area contributed by atoms with Gasteiger partial charge in [0.25, 0.3) is 0 Å². The molecule has 0 saturated carbocycles. The van der Waals surface area contributed by atoms with E-state index in [0.717, 1.165) is 12.1 Å². The Bertz CT molecular complexity index is 718. The smallest absolute Gasteiger partial charge is 0.0991 e. The molecule has 0 bridgehead atoms. The number of rotatable bonds is 6. The van der Waals surface area contributed by atoms with Crippen LogP contribution in [0.25, 0.3) is 0 Å². The van der Waals surface area contributed by atoms with Gasteiger partial charge in [0.2, 0.25) is 0 Å². The molecule has 25 heavy (non-hydrogen) atoms. The van der Waals surface area contributed by atoms with Gasteiger partial charge in [0.05, 0.1) is 17.2 Å². The molecule has 1 N–H and O–H groups in total. The SMILES string of the molecule is N#Cc1cccc(CN(Cc2ccccc2)CC2(O)CCOCC2)c1. The Morgan fingerprint density at radius 1 is 1.00 bits per heavy atom. The molecular formula is C21H24N2O2. The van der Waals surface area contributed by atoms with Gasteiger partial charge in [-0.05, 0) is 23.3 Å². The van der Waals surface area contributed by atoms with Crippen LogP contribution in [0.5, 0.6) is 0 Å². The van der Waals surface area contributed by atoms with Gasteiger partial charge in [0.15, 0.2) is 0 Å². The number of ether oxygens (including phenoxy) is 1. The van der Waals surface area contributed by atoms with Crippen LogP contribution in [0.3, 0.4) is 0 Å². The lowest BCUT2D eigenvalue weighted by molar-refractivity contribution is -0.0821. The molecule has 0 radical (unpaired) electrons. The highest BCUT2D eigenvalue weighted by Gasteiger charge is 2.32. The van der Waals surface area contributed by atoms with Crippen LogP contribution in [-0.4, -0.2) is 35.4 Å². The summed E-state index contributed by atoms with van der Waals surface area (Å²) in [6, 6.07) is 20.2. The Labute approximate surface area is 149 Å². The Hall–Kier alpha value is -2.19. The van der Waals surface area contributed by atoms with E-state index in [1.807, 2.05) is 42.5 Å². The molecular weight excluding hydrogens is 312 g/mol. The van der Waals surface area contributed by atoms with Crippen molar-refractivity contribution in [1.29, 1.82) is 5.26 Å². The molecule has 1 aliphatic heterocycles. The van der Waals surface area contributed by atoms with Crippen LogP contribution >= 0.6 is 0 Å². The van der Waals surface area contributed by atoms with Crippen molar-refractivity contribution < 1.29 is 9.84 Å². The normalized spacial score (nSPS) is 16.5. The van der Waals surface area contributed by atoms with Crippen LogP contribution in [-0.2, 0) is 17.8 Å². The first-order chi connectivity index (χ1) is 12.2. The summed E-state index contributed by atoms with van der Waals surface area (Å²) in [5.41, 5.74) is 2.27. The van der Waals surface area contributed by atoms with Crippen LogP contribution in [0.1, 0.15) is 29.5 Å². The Morgan fingerprint density at radius 3 is 2.40 bits per heavy atom. The molecule has 0 aliphatic carbocycles. The second kappa shape index (κ2) is 8.26. The number of nitrogens with zero attached hydrogens (tertiary/aromatic N) is 2. The molecule has 0 spiro atoms. The van der Waals surface area contributed by atoms with Crippen molar-refractivity contribution in [3.63, 3.8) is 0 Å². The summed E-state index contributed by atoms with van der Waals surface area (Å²) in [6.45, 7) is 3.29. The van der Waals surface area contributed by atoms with Gasteiger partial charge in [0.1, 0.15) is 0 Å². The van der Waals surface area contributed by atoms with Gasteiger partial charge in [0, 0.05) is 45.7 Å². The number of hydrogen-bond donors (Lipinski definition) is 1. The van der Waals surface area contributed by atoms with Crippen LogP contribution < -0.4 is 0 Å². The lowest BCUT2D eigenvalue weighted by Gasteiger charge is -2.37. The summed E-state index contributed by atoms with van der Waals surface area (Å²) >= 11 is 0. The first kappa shape index (κ1) is 17.6. The molecule has 1 saturated heterocycles. The average Bonchev–Trinajstić information content (AvgIpc) is 2.63. The number of hydrogen-bond acceptors (Lipinski definition) is 4. The van der Waals surface area contributed by atoms with Gasteiger partial charge in [-0.3, -0.25) is 4.90 Å². The number of nitriles is 1. The second-order valence-corrected chi connectivity index (χ2v) is 6.78. The zero-order valence-corrected chi connectivity index (χ0v) is 14.4. The molecule has 1 fully saturated rings. The zero-order chi connectivity index (χ0) is 17.5. The van der Waals surface area contributed by atoms with E-state index in [1.54, 1.807) is 0 Å². The van der Waals surface area contributed by atoms with Crippen LogP contribution in [0, 0.1) is 11.3 Å². The third-order valence-corrected chi connectivity index (χ3v) is 4.65. The fraction of sp³-hybridized carbons (Fsp3) is 0.381. The van der Waals surface area contributed by atoms with Crippen molar-refractivity contribution in [3.05, 3.63) is 71.3 Å². The molecule has 2 aromatic rings. The summed E-state index contributed by atoms with van der Waals surface area (Å²) in [4.78, 5) is 2.26. The van der Waals surface area contributed by atoms with Crippen LogP contribution in [0.15, 0.2) is 54.6 Å². The zero-order valence-electron chi connectivity index (χ0n) is 14.4. The van der Waals surface area contributed by atoms with Gasteiger partial charge < -0.3 is 9.84 Å². The Morgan fingerprint density at radius 2 is 1.68 bits per heavy atom. The molecule has 0 unspecified atom stereocenters. The highest BCUT2D eigenvalue weighted by atomic mass is 16.5. The molecule has 2 aromatic carbocycles. The minimum absolute atomic E-state index is 0.599. The maximum absolute atomic E-state index is 10.9. The molecule has 0 atom stereocenters. The minimum Gasteiger partial charge on any atom is -0.388 e. The van der Waals surface area contributed by atoms with Gasteiger partial charge >= 0.3 is 0 Å². The monoisotopic (exact) mass is 336 g/mol. The Balaban J connectivity index is 1.76. The van der Waals surface area contributed by atoms with Crippen molar-refractivity contribution in [1.82, 2.24) is 4.90 Å². The highest BCUT2D eigenvalue weighted by molar-refractivity contribution is 5.32. The van der Waals surface area contributed by atoms with Crippen molar-refractivity contribution >= 4 is 0 Å². The topological polar surface area (TPSA) is 56.5 Å². The summed E-state index contributed by atoms with van der Waals surface area (Å²) < 4.78 is 5.40. The summed E-state index contributed by atoms with van der Waals surface area (Å²) in [7, 11) is 0. The predicted molar refractivity (Wildman–Crippen MR) is 96.7 cm³/mol. The molecule has 0 aromatic heterocycles. The lowest BCUT2D eigenvalue weighted by Crippen LogP contribution is -2.46. The first-order valence-electron chi connectivity index (χ1n) is 8.72. The fourth-order valence-electron chi connectivity index (χ4n) is 3.33. The largest absolute Gasteiger partial charge is 0.388 e. The molecule has 1 aliphatic rings.